The highest BCUT2D eigenvalue weighted by molar-refractivity contribution is 5.87. The summed E-state index contributed by atoms with van der Waals surface area (Å²) in [5, 5.41) is 101. The molecule has 0 aromatic carbocycles. The van der Waals surface area contributed by atoms with Crippen LogP contribution in [0.2, 0.25) is 0 Å². The summed E-state index contributed by atoms with van der Waals surface area (Å²) in [6, 6.07) is 0. The Bertz CT molecular complexity index is 1720. The van der Waals surface area contributed by atoms with Crippen LogP contribution in [0.4, 0.5) is 0 Å². The van der Waals surface area contributed by atoms with Crippen LogP contribution in [-0.4, -0.2) is 212 Å². The first-order valence-electron chi connectivity index (χ1n) is 26.2. The van der Waals surface area contributed by atoms with Gasteiger partial charge in [0.1, 0.15) is 67.1 Å². The molecule has 0 aromatic rings. The lowest BCUT2D eigenvalue weighted by atomic mass is 9.95. The molecule has 23 nitrogen and oxygen atoms in total. The van der Waals surface area contributed by atoms with Crippen LogP contribution in [0.5, 0.6) is 0 Å². The van der Waals surface area contributed by atoms with Gasteiger partial charge in [-0.25, -0.2) is 4.79 Å². The van der Waals surface area contributed by atoms with Gasteiger partial charge in [-0.2, -0.15) is 0 Å². The lowest BCUT2D eigenvalue weighted by Crippen LogP contribution is -2.69. The summed E-state index contributed by atoms with van der Waals surface area (Å²) >= 11 is 0. The minimum Gasteiger partial charge on any atom is -0.454 e. The second-order valence-corrected chi connectivity index (χ2v) is 20.1. The first-order chi connectivity index (χ1) is 34.8. The predicted octanol–water partition coefficient (Wildman–Crippen LogP) is 0.440. The maximum absolute atomic E-state index is 13.6. The van der Waals surface area contributed by atoms with Crippen LogP contribution in [0.1, 0.15) is 132 Å². The number of carbonyl (C=O) groups excluding carboxylic acids is 3. The maximum Gasteiger partial charge on any atom is 0.333 e. The van der Waals surface area contributed by atoms with E-state index < -0.39 is 172 Å². The minimum absolute atomic E-state index is 0.0876. The monoisotopic (exact) mass is 1050 g/mol. The molecule has 73 heavy (non-hydrogen) atoms. The van der Waals surface area contributed by atoms with Gasteiger partial charge in [-0.05, 0) is 60.8 Å². The van der Waals surface area contributed by atoms with Gasteiger partial charge in [0.15, 0.2) is 43.5 Å². The van der Waals surface area contributed by atoms with E-state index in [1.165, 1.54) is 33.8 Å². The first-order valence-corrected chi connectivity index (χ1v) is 26.2. The van der Waals surface area contributed by atoms with Crippen molar-refractivity contribution >= 4 is 17.9 Å². The van der Waals surface area contributed by atoms with Gasteiger partial charge < -0.3 is 98.1 Å². The number of ether oxygens (including phenoxy) is 11. The smallest absolute Gasteiger partial charge is 0.333 e. The van der Waals surface area contributed by atoms with Crippen molar-refractivity contribution in [3.8, 4) is 0 Å². The Balaban J connectivity index is 1.65. The summed E-state index contributed by atoms with van der Waals surface area (Å²) in [7, 11) is 0. The van der Waals surface area contributed by atoms with Gasteiger partial charge in [-0.1, -0.05) is 70.8 Å². The molecule has 2 bridgehead atoms. The molecule has 0 spiro atoms. The second-order valence-electron chi connectivity index (χ2n) is 20.1. The van der Waals surface area contributed by atoms with Crippen LogP contribution in [-0.2, 0) is 66.5 Å². The number of allylic oxidation sites excluding steroid dienone is 1. The Labute approximate surface area is 427 Å². The summed E-state index contributed by atoms with van der Waals surface area (Å²) in [4.78, 5) is 40.1. The zero-order valence-electron chi connectivity index (χ0n) is 43.2. The number of carbonyl (C=O) groups is 3. The van der Waals surface area contributed by atoms with Crippen molar-refractivity contribution in [2.45, 2.75) is 267 Å². The molecule has 5 saturated heterocycles. The van der Waals surface area contributed by atoms with Crippen LogP contribution in [0.25, 0.3) is 0 Å². The van der Waals surface area contributed by atoms with Gasteiger partial charge in [0.2, 0.25) is 0 Å². The average Bonchev–Trinajstić information content (AvgIpc) is 3.36. The van der Waals surface area contributed by atoms with Crippen LogP contribution in [0, 0.1) is 5.92 Å². The van der Waals surface area contributed by atoms with Crippen molar-refractivity contribution in [1.82, 2.24) is 0 Å². The zero-order chi connectivity index (χ0) is 53.7. The summed E-state index contributed by atoms with van der Waals surface area (Å²) in [5.41, 5.74) is 0.174. The number of unbranched alkanes of at least 4 members (excludes halogenated alkanes) is 2. The number of hydrogen-bond donors (Lipinski definition) is 9. The maximum atomic E-state index is 13.6. The van der Waals surface area contributed by atoms with E-state index in [1.807, 2.05) is 0 Å². The van der Waals surface area contributed by atoms with Gasteiger partial charge in [0.05, 0.1) is 43.5 Å². The summed E-state index contributed by atoms with van der Waals surface area (Å²) < 4.78 is 68.0. The molecule has 9 N–H and O–H groups in total. The Kier molecular flexibility index (Phi) is 24.6. The van der Waals surface area contributed by atoms with Crippen LogP contribution in [0.15, 0.2) is 11.6 Å². The number of hydrogen-bond acceptors (Lipinski definition) is 23. The van der Waals surface area contributed by atoms with Crippen LogP contribution < -0.4 is 0 Å². The fourth-order valence-electron chi connectivity index (χ4n) is 9.46. The van der Waals surface area contributed by atoms with Crippen molar-refractivity contribution in [2.75, 3.05) is 13.2 Å². The normalized spacial score (nSPS) is 41.8. The van der Waals surface area contributed by atoms with Gasteiger partial charge in [0, 0.05) is 12.0 Å². The highest BCUT2D eigenvalue weighted by atomic mass is 16.8. The van der Waals surface area contributed by atoms with Gasteiger partial charge >= 0.3 is 17.9 Å². The molecule has 5 aliphatic rings. The number of esters is 3. The molecule has 0 amide bonds. The molecule has 5 rings (SSSR count). The standard InChI is InChI=1S/C50H84O23/c1-8-10-16-19-29-20-17-14-12-11-13-15-18-21-32(54)68-41-37(59)34(56)30(22-51)66-49(41)71-40-35(57)31(23-52)67-50(72-42-36(58)33(55)27(6)63-47(42)65-29)44(40)73-48-43(70-46(62)25(4)26(5)53)38(60)39(28(7)64-48)69-45(61)24(3)9-2/h9,25-31,33-44,47-53,55-60H,8,10-23H2,1-7H3/b24-9+/t25-,26-,27+,28-,29-,30+,31+,33+,34+,35+,36-,37-,38+,39-,40-,41+,42+,43+,44+,47-,48-,49-,50-/m0/s1. The van der Waals surface area contributed by atoms with Crippen molar-refractivity contribution < 1.29 is 112 Å². The third-order valence-corrected chi connectivity index (χ3v) is 14.5. The van der Waals surface area contributed by atoms with E-state index in [0.29, 0.717) is 25.7 Å². The molecule has 23 atom stereocenters. The number of fused-ring (bicyclic) bond motifs is 4. The molecular formula is C50H84O23. The third kappa shape index (κ3) is 16.0. The molecule has 0 aliphatic carbocycles. The van der Waals surface area contributed by atoms with Crippen LogP contribution in [0.3, 0.4) is 0 Å². The Morgan fingerprint density at radius 3 is 1.90 bits per heavy atom. The zero-order valence-corrected chi connectivity index (χ0v) is 43.2. The van der Waals surface area contributed by atoms with E-state index in [4.69, 9.17) is 52.1 Å². The van der Waals surface area contributed by atoms with E-state index in [0.717, 1.165) is 51.4 Å². The predicted molar refractivity (Wildman–Crippen MR) is 251 cm³/mol. The van der Waals surface area contributed by atoms with Crippen molar-refractivity contribution in [3.05, 3.63) is 11.6 Å². The van der Waals surface area contributed by atoms with E-state index in [2.05, 4.69) is 6.92 Å². The third-order valence-electron chi connectivity index (χ3n) is 14.5. The van der Waals surface area contributed by atoms with E-state index in [1.54, 1.807) is 13.8 Å². The van der Waals surface area contributed by atoms with Crippen LogP contribution >= 0.6 is 0 Å². The fourth-order valence-corrected chi connectivity index (χ4v) is 9.46. The first kappa shape index (κ1) is 61.3. The molecular weight excluding hydrogens is 969 g/mol. The Morgan fingerprint density at radius 2 is 1.26 bits per heavy atom. The largest absolute Gasteiger partial charge is 0.454 e. The molecule has 0 saturated carbocycles. The summed E-state index contributed by atoms with van der Waals surface area (Å²) in [6.45, 7) is 9.01. The van der Waals surface area contributed by atoms with E-state index in [-0.39, 0.29) is 12.0 Å². The topological polar surface area (TPSA) is 335 Å². The van der Waals surface area contributed by atoms with Crippen molar-refractivity contribution in [1.29, 1.82) is 0 Å². The molecule has 5 heterocycles. The van der Waals surface area contributed by atoms with Crippen molar-refractivity contribution in [3.63, 3.8) is 0 Å². The Hall–Kier alpha value is -2.53. The summed E-state index contributed by atoms with van der Waals surface area (Å²) in [6.07, 6.45) is -25.1. The SMILES string of the molecule is C/C=C(\C)C(=O)O[C@@H]1[C@@H](O)[C@@H](OC(=O)[C@@H](C)[C@H](C)O)[C@H](O[C@H]2[C@@H]3O[C@H]4[C@H](O[C@@H](CCCCC)CCCCCCCCCC(=O)O[C@H]5[C@H](O[C@H]2[C@H](O)[C@@H](CO)O3)O[C@H](CO)[C@@H](O)[C@@H]5O)O[C@H](C)[C@@H](O)[C@@H]4O)O[C@H]1C. The number of aliphatic hydroxyl groups is 9. The molecule has 0 unspecified atom stereocenters. The van der Waals surface area contributed by atoms with Gasteiger partial charge in [-0.15, -0.1) is 0 Å². The molecule has 422 valence electrons. The Morgan fingerprint density at radius 1 is 0.658 bits per heavy atom. The second kappa shape index (κ2) is 29.3. The van der Waals surface area contributed by atoms with Crippen molar-refractivity contribution in [2.24, 2.45) is 5.92 Å². The van der Waals surface area contributed by atoms with E-state index in [9.17, 15) is 60.3 Å². The minimum atomic E-state index is -1.97. The molecule has 0 radical (unpaired) electrons. The molecule has 5 aliphatic heterocycles. The quantitative estimate of drug-likeness (QED) is 0.0523. The number of rotatable bonds is 13. The number of aliphatic hydroxyl groups excluding tert-OH is 9. The molecule has 0 aromatic heterocycles. The molecule has 23 heteroatoms. The fraction of sp³-hybridized carbons (Fsp3) is 0.900. The van der Waals surface area contributed by atoms with Gasteiger partial charge in [-0.3, -0.25) is 9.59 Å². The summed E-state index contributed by atoms with van der Waals surface area (Å²) in [5.74, 6) is -3.86. The highest BCUT2D eigenvalue weighted by Crippen LogP contribution is 2.38. The van der Waals surface area contributed by atoms with E-state index >= 15 is 0 Å². The van der Waals surface area contributed by atoms with Gasteiger partial charge in [0.25, 0.3) is 0 Å². The lowest BCUT2D eigenvalue weighted by molar-refractivity contribution is -0.409. The molecule has 5 fully saturated rings. The highest BCUT2D eigenvalue weighted by Gasteiger charge is 2.58. The lowest BCUT2D eigenvalue weighted by Gasteiger charge is -2.51. The average molecular weight is 1050 g/mol.